The number of hydrogen-bond donors (Lipinski definition) is 4. The van der Waals surface area contributed by atoms with Gasteiger partial charge in [-0.3, -0.25) is 9.59 Å². The molecule has 0 unspecified atom stereocenters. The maximum absolute atomic E-state index is 15.1. The third-order valence-electron chi connectivity index (χ3n) is 11.9. The molecule has 1 saturated carbocycles. The third-order valence-corrected chi connectivity index (χ3v) is 11.9. The summed E-state index contributed by atoms with van der Waals surface area (Å²) < 4.78 is 23.3. The van der Waals surface area contributed by atoms with E-state index >= 15 is 9.59 Å². The van der Waals surface area contributed by atoms with Gasteiger partial charge in [-0.15, -0.1) is 0 Å². The van der Waals surface area contributed by atoms with Crippen molar-refractivity contribution < 1.29 is 38.7 Å². The van der Waals surface area contributed by atoms with Gasteiger partial charge in [0.1, 0.15) is 39.6 Å². The van der Waals surface area contributed by atoms with Crippen molar-refractivity contribution >= 4 is 11.8 Å². The molecule has 10 heteroatoms. The number of hydrogen-bond acceptors (Lipinski definition) is 8. The number of para-hydroxylation sites is 4. The van der Waals surface area contributed by atoms with Crippen molar-refractivity contribution in [2.24, 2.45) is 5.41 Å². The Morgan fingerprint density at radius 1 is 0.475 bits per heavy atom. The highest BCUT2D eigenvalue weighted by atomic mass is 16.5. The quantitative estimate of drug-likeness (QED) is 0.0674. The normalized spacial score (nSPS) is 14.2. The fraction of sp³-hybridized carbons (Fsp3) is 0.255. The molecule has 6 aromatic rings. The van der Waals surface area contributed by atoms with Crippen LogP contribution in [0, 0.1) is 5.41 Å². The standard InChI is InChI=1S/C51H52N2O8/c1-58-41-27-15-11-23-37(41)50(56,38-24-12-16-28-42(38)59-2)45(33-35-19-7-5-8-20-35)52-47(54)49(31-32-49)48(55)53-46(34-36-21-9-6-10-22-36)51(57,39-25-13-17-29-43(39)60-3)40-26-14-18-30-44(40)61-4/h5-30,45-46,56-57H,31-34H2,1-4H3,(H,52,54)(H,53,55)/t45-,46-/m1/s1. The van der Waals surface area contributed by atoms with E-state index in [9.17, 15) is 10.2 Å². The molecule has 0 aliphatic heterocycles. The molecular weight excluding hydrogens is 769 g/mol. The molecule has 0 spiro atoms. The van der Waals surface area contributed by atoms with Crippen LogP contribution in [-0.2, 0) is 33.6 Å². The van der Waals surface area contributed by atoms with Gasteiger partial charge in [0.05, 0.1) is 40.5 Å². The van der Waals surface area contributed by atoms with Gasteiger partial charge < -0.3 is 39.8 Å². The Morgan fingerprint density at radius 3 is 1.00 bits per heavy atom. The Hall–Kier alpha value is -6.62. The third kappa shape index (κ3) is 8.29. The summed E-state index contributed by atoms with van der Waals surface area (Å²) in [5.41, 5.74) is -2.10. The largest absolute Gasteiger partial charge is 0.496 e. The lowest BCUT2D eigenvalue weighted by Gasteiger charge is -2.41. The summed E-state index contributed by atoms with van der Waals surface area (Å²) in [5.74, 6) is 0.475. The number of carbonyl (C=O) groups is 2. The predicted octanol–water partition coefficient (Wildman–Crippen LogP) is 7.13. The molecule has 1 aliphatic carbocycles. The van der Waals surface area contributed by atoms with Crippen molar-refractivity contribution in [3.8, 4) is 23.0 Å². The lowest BCUT2D eigenvalue weighted by Crippen LogP contribution is -2.58. The average molecular weight is 821 g/mol. The van der Waals surface area contributed by atoms with Crippen LogP contribution in [0.15, 0.2) is 158 Å². The van der Waals surface area contributed by atoms with Crippen LogP contribution in [0.1, 0.15) is 46.2 Å². The van der Waals surface area contributed by atoms with Crippen LogP contribution >= 0.6 is 0 Å². The van der Waals surface area contributed by atoms with Crippen molar-refractivity contribution in [3.63, 3.8) is 0 Å². The number of nitrogens with one attached hydrogen (secondary N) is 2. The van der Waals surface area contributed by atoms with Gasteiger partial charge in [-0.05, 0) is 61.1 Å². The SMILES string of the molecule is COc1ccccc1C(O)(c1ccccc1OC)[C@@H](Cc1ccccc1)NC(=O)C1(C(=O)N[C@H](Cc2ccccc2)C(O)(c2ccccc2OC)c2ccccc2OC)CC1. The summed E-state index contributed by atoms with van der Waals surface area (Å²) in [5, 5.41) is 33.2. The Morgan fingerprint density at radius 2 is 0.738 bits per heavy atom. The minimum atomic E-state index is -1.93. The number of aliphatic hydroxyl groups is 2. The van der Waals surface area contributed by atoms with Crippen molar-refractivity contribution in [2.45, 2.75) is 49.0 Å². The van der Waals surface area contributed by atoms with Gasteiger partial charge in [0.15, 0.2) is 0 Å². The van der Waals surface area contributed by atoms with Crippen LogP contribution in [0.2, 0.25) is 0 Å². The monoisotopic (exact) mass is 820 g/mol. The summed E-state index contributed by atoms with van der Waals surface area (Å²) >= 11 is 0. The number of carbonyl (C=O) groups excluding carboxylic acids is 2. The molecule has 0 aromatic heterocycles. The number of methoxy groups -OCH3 is 4. The van der Waals surface area contributed by atoms with E-state index in [4.69, 9.17) is 18.9 Å². The van der Waals surface area contributed by atoms with Crippen LogP contribution < -0.4 is 29.6 Å². The molecule has 1 aliphatic rings. The van der Waals surface area contributed by atoms with E-state index in [2.05, 4.69) is 10.6 Å². The maximum Gasteiger partial charge on any atom is 0.236 e. The fourth-order valence-electron chi connectivity index (χ4n) is 8.46. The van der Waals surface area contributed by atoms with E-state index in [1.165, 1.54) is 28.4 Å². The van der Waals surface area contributed by atoms with E-state index in [0.717, 1.165) is 11.1 Å². The lowest BCUT2D eigenvalue weighted by molar-refractivity contribution is -0.140. The number of rotatable bonds is 18. The maximum atomic E-state index is 15.1. The first-order chi connectivity index (χ1) is 29.6. The highest BCUT2D eigenvalue weighted by Crippen LogP contribution is 2.50. The van der Waals surface area contributed by atoms with Crippen LogP contribution in [0.4, 0.5) is 0 Å². The molecule has 2 amide bonds. The molecule has 0 heterocycles. The van der Waals surface area contributed by atoms with Crippen LogP contribution in [0.5, 0.6) is 23.0 Å². The molecule has 0 saturated heterocycles. The second kappa shape index (κ2) is 18.3. The Balaban J connectivity index is 1.33. The van der Waals surface area contributed by atoms with Crippen molar-refractivity contribution in [1.82, 2.24) is 10.6 Å². The smallest absolute Gasteiger partial charge is 0.236 e. The first-order valence-electron chi connectivity index (χ1n) is 20.3. The molecule has 2 atom stereocenters. The highest BCUT2D eigenvalue weighted by Gasteiger charge is 2.59. The molecule has 10 nitrogen and oxygen atoms in total. The second-order valence-corrected chi connectivity index (χ2v) is 15.3. The molecule has 61 heavy (non-hydrogen) atoms. The molecular formula is C51H52N2O8. The summed E-state index contributed by atoms with van der Waals surface area (Å²) in [4.78, 5) is 30.1. The highest BCUT2D eigenvalue weighted by molar-refractivity contribution is 6.08. The summed E-state index contributed by atoms with van der Waals surface area (Å²) in [6.45, 7) is 0. The Kier molecular flexibility index (Phi) is 12.8. The molecule has 0 bridgehead atoms. The number of amides is 2. The van der Waals surface area contributed by atoms with E-state index in [0.29, 0.717) is 45.3 Å². The van der Waals surface area contributed by atoms with Gasteiger partial charge in [0.25, 0.3) is 0 Å². The molecule has 1 fully saturated rings. The fourth-order valence-corrected chi connectivity index (χ4v) is 8.46. The zero-order valence-electron chi connectivity index (χ0n) is 34.8. The van der Waals surface area contributed by atoms with E-state index in [1.54, 1.807) is 72.8 Å². The predicted molar refractivity (Wildman–Crippen MR) is 234 cm³/mol. The molecule has 314 valence electrons. The summed E-state index contributed by atoms with van der Waals surface area (Å²) in [6, 6.07) is 45.5. The second-order valence-electron chi connectivity index (χ2n) is 15.3. The van der Waals surface area contributed by atoms with Crippen molar-refractivity contribution in [3.05, 3.63) is 191 Å². The van der Waals surface area contributed by atoms with E-state index < -0.39 is 40.5 Å². The molecule has 6 aromatic carbocycles. The van der Waals surface area contributed by atoms with Crippen LogP contribution in [-0.4, -0.2) is 62.6 Å². The minimum absolute atomic E-state index is 0.175. The summed E-state index contributed by atoms with van der Waals surface area (Å²) in [6.07, 6.45) is 0.832. The number of benzene rings is 6. The topological polar surface area (TPSA) is 136 Å². The van der Waals surface area contributed by atoms with Crippen LogP contribution in [0.25, 0.3) is 0 Å². The van der Waals surface area contributed by atoms with Gasteiger partial charge in [-0.2, -0.15) is 0 Å². The first-order valence-corrected chi connectivity index (χ1v) is 20.3. The summed E-state index contributed by atoms with van der Waals surface area (Å²) in [7, 11) is 6.11. The van der Waals surface area contributed by atoms with Gasteiger partial charge in [0, 0.05) is 22.3 Å². The van der Waals surface area contributed by atoms with Gasteiger partial charge in [-0.1, -0.05) is 133 Å². The van der Waals surface area contributed by atoms with Gasteiger partial charge in [-0.25, -0.2) is 0 Å². The minimum Gasteiger partial charge on any atom is -0.496 e. The average Bonchev–Trinajstić information content (AvgIpc) is 4.14. The van der Waals surface area contributed by atoms with Crippen molar-refractivity contribution in [1.29, 1.82) is 0 Å². The number of ether oxygens (including phenoxy) is 4. The van der Waals surface area contributed by atoms with E-state index in [-0.39, 0.29) is 25.7 Å². The Labute approximate surface area is 357 Å². The zero-order valence-corrected chi connectivity index (χ0v) is 34.8. The van der Waals surface area contributed by atoms with E-state index in [1.807, 2.05) is 84.9 Å². The lowest BCUT2D eigenvalue weighted by atomic mass is 9.76. The zero-order chi connectivity index (χ0) is 43.0. The molecule has 7 rings (SSSR count). The van der Waals surface area contributed by atoms with Gasteiger partial charge >= 0.3 is 0 Å². The molecule has 0 radical (unpaired) electrons. The van der Waals surface area contributed by atoms with Gasteiger partial charge in [0.2, 0.25) is 11.8 Å². The Bertz CT molecular complexity index is 2170. The molecule has 4 N–H and O–H groups in total. The first kappa shape index (κ1) is 42.5. The van der Waals surface area contributed by atoms with Crippen LogP contribution in [0.3, 0.4) is 0 Å². The van der Waals surface area contributed by atoms with Crippen molar-refractivity contribution in [2.75, 3.05) is 28.4 Å².